The maximum atomic E-state index is 11.1. The molecule has 1 aromatic heterocycles. The van der Waals surface area contributed by atoms with Crippen molar-refractivity contribution in [1.82, 2.24) is 9.78 Å². The second-order valence-corrected chi connectivity index (χ2v) is 4.29. The van der Waals surface area contributed by atoms with Crippen LogP contribution in [-0.4, -0.2) is 23.0 Å². The van der Waals surface area contributed by atoms with Crippen LogP contribution in [0.25, 0.3) is 0 Å². The summed E-state index contributed by atoms with van der Waals surface area (Å²) in [5.74, 6) is 0.507. The zero-order chi connectivity index (χ0) is 10.7. The molecular weight excluding hydrogens is 248 g/mol. The molecule has 0 aliphatic heterocycles. The molecule has 4 nitrogen and oxygen atoms in total. The van der Waals surface area contributed by atoms with Crippen LogP contribution in [0.2, 0.25) is 0 Å². The van der Waals surface area contributed by atoms with Gasteiger partial charge in [-0.1, -0.05) is 13.8 Å². The van der Waals surface area contributed by atoms with Crippen molar-refractivity contribution >= 4 is 22.0 Å². The molecule has 1 aromatic rings. The van der Waals surface area contributed by atoms with Gasteiger partial charge < -0.3 is 4.74 Å². The highest BCUT2D eigenvalue weighted by Crippen LogP contribution is 2.18. The van der Waals surface area contributed by atoms with E-state index >= 15 is 0 Å². The van der Waals surface area contributed by atoms with Crippen molar-refractivity contribution in [3.05, 3.63) is 16.4 Å². The standard InChI is InChI=1S/C9H13BrN2O2/c1-6(2)4-8-7(10)5-12(11-8)9(13)14-3/h5-6H,4H2,1-3H3. The topological polar surface area (TPSA) is 44.1 Å². The number of carbonyl (C=O) groups excluding carboxylic acids is 1. The van der Waals surface area contributed by atoms with Gasteiger partial charge in [-0.15, -0.1) is 0 Å². The Hall–Kier alpha value is -0.840. The number of methoxy groups -OCH3 is 1. The molecule has 0 saturated heterocycles. The first-order valence-corrected chi connectivity index (χ1v) is 5.16. The molecule has 0 N–H and O–H groups in total. The molecule has 0 unspecified atom stereocenters. The smallest absolute Gasteiger partial charge is 0.434 e. The fourth-order valence-corrected chi connectivity index (χ4v) is 1.54. The summed E-state index contributed by atoms with van der Waals surface area (Å²) in [4.78, 5) is 11.1. The van der Waals surface area contributed by atoms with Crippen LogP contribution >= 0.6 is 15.9 Å². The van der Waals surface area contributed by atoms with Crippen LogP contribution in [0.3, 0.4) is 0 Å². The van der Waals surface area contributed by atoms with E-state index in [1.165, 1.54) is 11.8 Å². The molecular formula is C9H13BrN2O2. The lowest BCUT2D eigenvalue weighted by atomic mass is 10.1. The molecule has 0 saturated carbocycles. The second kappa shape index (κ2) is 4.59. The van der Waals surface area contributed by atoms with Gasteiger partial charge in [-0.05, 0) is 28.3 Å². The highest BCUT2D eigenvalue weighted by Gasteiger charge is 2.12. The van der Waals surface area contributed by atoms with Gasteiger partial charge in [0, 0.05) is 0 Å². The van der Waals surface area contributed by atoms with E-state index in [9.17, 15) is 4.79 Å². The molecule has 0 atom stereocenters. The molecule has 78 valence electrons. The Labute approximate surface area is 91.4 Å². The number of halogens is 1. The predicted molar refractivity (Wildman–Crippen MR) is 56.3 cm³/mol. The highest BCUT2D eigenvalue weighted by atomic mass is 79.9. The van der Waals surface area contributed by atoms with Crippen molar-refractivity contribution in [3.8, 4) is 0 Å². The molecule has 0 spiro atoms. The quantitative estimate of drug-likeness (QED) is 0.821. The molecule has 0 fully saturated rings. The summed E-state index contributed by atoms with van der Waals surface area (Å²) in [6.45, 7) is 4.20. The minimum Gasteiger partial charge on any atom is -0.451 e. The zero-order valence-electron chi connectivity index (χ0n) is 8.45. The van der Waals surface area contributed by atoms with E-state index in [4.69, 9.17) is 0 Å². The Balaban J connectivity index is 2.87. The molecule has 14 heavy (non-hydrogen) atoms. The Morgan fingerprint density at radius 2 is 2.36 bits per heavy atom. The third-order valence-corrected chi connectivity index (χ3v) is 2.37. The van der Waals surface area contributed by atoms with Crippen molar-refractivity contribution in [2.24, 2.45) is 5.92 Å². The summed E-state index contributed by atoms with van der Waals surface area (Å²) in [6.07, 6.45) is 1.98. The lowest BCUT2D eigenvalue weighted by Crippen LogP contribution is -2.12. The third-order valence-electron chi connectivity index (χ3n) is 1.70. The van der Waals surface area contributed by atoms with E-state index < -0.39 is 6.09 Å². The zero-order valence-corrected chi connectivity index (χ0v) is 10.0. The molecule has 0 aliphatic rings. The summed E-state index contributed by atoms with van der Waals surface area (Å²) in [5, 5.41) is 4.12. The van der Waals surface area contributed by atoms with Gasteiger partial charge in [0.25, 0.3) is 0 Å². The first-order chi connectivity index (χ1) is 6.54. The van der Waals surface area contributed by atoms with Gasteiger partial charge in [0.05, 0.1) is 23.5 Å². The fourth-order valence-electron chi connectivity index (χ4n) is 1.10. The van der Waals surface area contributed by atoms with Gasteiger partial charge in [-0.3, -0.25) is 0 Å². The van der Waals surface area contributed by atoms with Crippen LogP contribution < -0.4 is 0 Å². The van der Waals surface area contributed by atoms with Crippen LogP contribution in [0.5, 0.6) is 0 Å². The van der Waals surface area contributed by atoms with Crippen molar-refractivity contribution in [2.45, 2.75) is 20.3 Å². The number of rotatable bonds is 2. The van der Waals surface area contributed by atoms with Crippen molar-refractivity contribution in [2.75, 3.05) is 7.11 Å². The molecule has 1 rings (SSSR count). The maximum Gasteiger partial charge on any atom is 0.434 e. The highest BCUT2D eigenvalue weighted by molar-refractivity contribution is 9.10. The SMILES string of the molecule is COC(=O)n1cc(Br)c(CC(C)C)n1. The Morgan fingerprint density at radius 1 is 1.71 bits per heavy atom. The first kappa shape index (κ1) is 11.2. The molecule has 0 aromatic carbocycles. The third kappa shape index (κ3) is 2.57. The van der Waals surface area contributed by atoms with E-state index in [1.807, 2.05) is 0 Å². The van der Waals surface area contributed by atoms with E-state index in [2.05, 4.69) is 39.6 Å². The summed E-state index contributed by atoms with van der Waals surface area (Å²) < 4.78 is 6.59. The van der Waals surface area contributed by atoms with Crippen molar-refractivity contribution in [1.29, 1.82) is 0 Å². The minimum absolute atomic E-state index is 0.472. The van der Waals surface area contributed by atoms with Gasteiger partial charge in [0.1, 0.15) is 0 Å². The van der Waals surface area contributed by atoms with Crippen LogP contribution in [-0.2, 0) is 11.2 Å². The number of aromatic nitrogens is 2. The lowest BCUT2D eigenvalue weighted by Gasteiger charge is -2.00. The predicted octanol–water partition coefficient (Wildman–Crippen LogP) is 2.46. The molecule has 0 radical (unpaired) electrons. The van der Waals surface area contributed by atoms with Crippen LogP contribution in [0, 0.1) is 5.92 Å². The minimum atomic E-state index is -0.472. The summed E-state index contributed by atoms with van der Waals surface area (Å²) in [6, 6.07) is 0. The molecule has 1 heterocycles. The monoisotopic (exact) mass is 260 g/mol. The van der Waals surface area contributed by atoms with Crippen LogP contribution in [0.1, 0.15) is 19.5 Å². The number of carbonyl (C=O) groups is 1. The van der Waals surface area contributed by atoms with Gasteiger partial charge in [-0.2, -0.15) is 9.78 Å². The molecule has 5 heteroatoms. The second-order valence-electron chi connectivity index (χ2n) is 3.44. The van der Waals surface area contributed by atoms with E-state index in [-0.39, 0.29) is 0 Å². The van der Waals surface area contributed by atoms with Crippen molar-refractivity contribution in [3.63, 3.8) is 0 Å². The van der Waals surface area contributed by atoms with Crippen molar-refractivity contribution < 1.29 is 9.53 Å². The average molecular weight is 261 g/mol. The fraction of sp³-hybridized carbons (Fsp3) is 0.556. The average Bonchev–Trinajstić information content (AvgIpc) is 2.46. The van der Waals surface area contributed by atoms with Gasteiger partial charge >= 0.3 is 6.09 Å². The normalized spacial score (nSPS) is 10.6. The van der Waals surface area contributed by atoms with Crippen LogP contribution in [0.15, 0.2) is 10.7 Å². The molecule has 0 bridgehead atoms. The molecule has 0 aliphatic carbocycles. The number of nitrogens with zero attached hydrogens (tertiary/aromatic N) is 2. The lowest BCUT2D eigenvalue weighted by molar-refractivity contribution is 0.169. The summed E-state index contributed by atoms with van der Waals surface area (Å²) in [7, 11) is 1.33. The summed E-state index contributed by atoms with van der Waals surface area (Å²) >= 11 is 3.35. The maximum absolute atomic E-state index is 11.1. The Bertz CT molecular complexity index is 334. The van der Waals surface area contributed by atoms with E-state index in [0.29, 0.717) is 5.92 Å². The number of hydrogen-bond acceptors (Lipinski definition) is 3. The Morgan fingerprint density at radius 3 is 2.86 bits per heavy atom. The largest absolute Gasteiger partial charge is 0.451 e. The van der Waals surface area contributed by atoms with E-state index in [1.54, 1.807) is 6.20 Å². The first-order valence-electron chi connectivity index (χ1n) is 4.37. The number of ether oxygens (including phenoxy) is 1. The molecule has 0 amide bonds. The van der Waals surface area contributed by atoms with E-state index in [0.717, 1.165) is 16.6 Å². The summed E-state index contributed by atoms with van der Waals surface area (Å²) in [5.41, 5.74) is 0.880. The number of hydrogen-bond donors (Lipinski definition) is 0. The van der Waals surface area contributed by atoms with Gasteiger partial charge in [0.2, 0.25) is 0 Å². The Kier molecular flexibility index (Phi) is 3.69. The van der Waals surface area contributed by atoms with Gasteiger partial charge in [-0.25, -0.2) is 4.79 Å². The van der Waals surface area contributed by atoms with Gasteiger partial charge in [0.15, 0.2) is 0 Å². The van der Waals surface area contributed by atoms with Crippen LogP contribution in [0.4, 0.5) is 4.79 Å².